The lowest BCUT2D eigenvalue weighted by molar-refractivity contribution is -0.0511. The van der Waals surface area contributed by atoms with Gasteiger partial charge >= 0.3 is 0 Å². The number of nitrogens with zero attached hydrogens (tertiary/aromatic N) is 4. The van der Waals surface area contributed by atoms with Gasteiger partial charge in [0, 0.05) is 40.0 Å². The second-order valence-electron chi connectivity index (χ2n) is 11.3. The Labute approximate surface area is 275 Å². The standard InChI is InChI=1S/C34H36N6O6S/c41-17-25-29(43)30(44)34(46-25)40-20-39-27-31(37-19-38-32(27)40)35-14-6-1-2-7-15-36-33(45)23-12-10-21(11-13-23)26-16-24(18-47-26)28(42)22-8-4-3-5-9-22/h3-5,8-13,16,18-20,25,29-30,34,41,43-44H,1-2,6-7,14-15,17H2,(H,36,45)(H,35,37,38)/t25-,29-,30-,34-/m1/s1. The lowest BCUT2D eigenvalue weighted by Gasteiger charge is -2.16. The number of aliphatic hydroxyl groups is 3. The summed E-state index contributed by atoms with van der Waals surface area (Å²) in [5, 5.41) is 38.0. The molecule has 1 amide bonds. The number of carbonyl (C=O) groups excluding carboxylic acids is 2. The highest BCUT2D eigenvalue weighted by atomic mass is 32.1. The smallest absolute Gasteiger partial charge is 0.251 e. The van der Waals surface area contributed by atoms with E-state index in [1.54, 1.807) is 12.1 Å². The van der Waals surface area contributed by atoms with E-state index in [1.807, 2.05) is 53.9 Å². The second-order valence-corrected chi connectivity index (χ2v) is 12.3. The summed E-state index contributed by atoms with van der Waals surface area (Å²) < 4.78 is 7.14. The Morgan fingerprint density at radius 2 is 1.64 bits per heavy atom. The van der Waals surface area contributed by atoms with Crippen molar-refractivity contribution >= 4 is 40.0 Å². The Balaban J connectivity index is 0.906. The number of unbranched alkanes of at least 4 members (excludes halogenated alkanes) is 3. The average molecular weight is 657 g/mol. The zero-order valence-electron chi connectivity index (χ0n) is 25.5. The molecule has 3 aromatic heterocycles. The molecule has 5 N–H and O–H groups in total. The number of rotatable bonds is 14. The maximum Gasteiger partial charge on any atom is 0.251 e. The number of hydrogen-bond acceptors (Lipinski definition) is 11. The van der Waals surface area contributed by atoms with E-state index in [0.29, 0.717) is 46.8 Å². The van der Waals surface area contributed by atoms with Gasteiger partial charge in [-0.3, -0.25) is 14.2 Å². The van der Waals surface area contributed by atoms with E-state index >= 15 is 0 Å². The summed E-state index contributed by atoms with van der Waals surface area (Å²) >= 11 is 1.51. The van der Waals surface area contributed by atoms with E-state index in [-0.39, 0.29) is 11.7 Å². The number of aromatic nitrogens is 4. The third-order valence-electron chi connectivity index (χ3n) is 8.16. The number of thiophene rings is 1. The molecule has 0 aliphatic carbocycles. The third-order valence-corrected chi connectivity index (χ3v) is 9.14. The van der Waals surface area contributed by atoms with Crippen molar-refractivity contribution < 1.29 is 29.6 Å². The van der Waals surface area contributed by atoms with E-state index in [1.165, 1.54) is 28.6 Å². The Morgan fingerprint density at radius 1 is 0.872 bits per heavy atom. The van der Waals surface area contributed by atoms with E-state index in [9.17, 15) is 24.9 Å². The largest absolute Gasteiger partial charge is 0.394 e. The van der Waals surface area contributed by atoms with Crippen molar-refractivity contribution in [1.29, 1.82) is 0 Å². The molecular formula is C34H36N6O6S. The normalized spacial score (nSPS) is 19.2. The number of fused-ring (bicyclic) bond motifs is 1. The van der Waals surface area contributed by atoms with Crippen LogP contribution in [0.5, 0.6) is 0 Å². The summed E-state index contributed by atoms with van der Waals surface area (Å²) in [5.41, 5.74) is 3.82. The summed E-state index contributed by atoms with van der Waals surface area (Å²) in [4.78, 5) is 39.3. The van der Waals surface area contributed by atoms with Gasteiger partial charge in [-0.25, -0.2) is 15.0 Å². The first kappa shape index (κ1) is 32.4. The molecule has 4 heterocycles. The Bertz CT molecular complexity index is 1810. The number of carbonyl (C=O) groups is 2. The first-order valence-corrected chi connectivity index (χ1v) is 16.4. The van der Waals surface area contributed by atoms with Crippen LogP contribution >= 0.6 is 11.3 Å². The van der Waals surface area contributed by atoms with E-state index in [4.69, 9.17) is 4.74 Å². The number of imidazole rings is 1. The SMILES string of the molecule is O=C(NCCCCCCNc1ncnc2c1ncn2[C@@H]1O[C@H](CO)[C@@H](O)[C@H]1O)c1ccc(-c2cc(C(=O)c3ccccc3)cs2)cc1. The van der Waals surface area contributed by atoms with Crippen LogP contribution < -0.4 is 10.6 Å². The van der Waals surface area contributed by atoms with E-state index in [0.717, 1.165) is 36.1 Å². The van der Waals surface area contributed by atoms with Gasteiger partial charge in [-0.1, -0.05) is 55.3 Å². The van der Waals surface area contributed by atoms with Gasteiger partial charge in [0.25, 0.3) is 5.91 Å². The summed E-state index contributed by atoms with van der Waals surface area (Å²) in [6, 6.07) is 18.5. The van der Waals surface area contributed by atoms with Crippen LogP contribution in [0.25, 0.3) is 21.6 Å². The molecule has 1 aliphatic rings. The van der Waals surface area contributed by atoms with Crippen LogP contribution in [-0.2, 0) is 4.74 Å². The zero-order chi connectivity index (χ0) is 32.8. The highest BCUT2D eigenvalue weighted by Gasteiger charge is 2.44. The highest BCUT2D eigenvalue weighted by Crippen LogP contribution is 2.32. The van der Waals surface area contributed by atoms with Crippen LogP contribution in [0.1, 0.15) is 58.2 Å². The van der Waals surface area contributed by atoms with E-state index < -0.39 is 31.1 Å². The fourth-order valence-electron chi connectivity index (χ4n) is 5.54. The van der Waals surface area contributed by atoms with Crippen LogP contribution in [-0.4, -0.2) is 84.5 Å². The lowest BCUT2D eigenvalue weighted by Crippen LogP contribution is -2.33. The number of benzene rings is 2. The minimum absolute atomic E-state index is 0.00513. The molecule has 0 spiro atoms. The molecule has 4 atom stereocenters. The number of nitrogens with one attached hydrogen (secondary N) is 2. The summed E-state index contributed by atoms with van der Waals surface area (Å²) in [6.07, 6.45) is 2.25. The van der Waals surface area contributed by atoms with Gasteiger partial charge in [-0.15, -0.1) is 11.3 Å². The molecule has 2 aromatic carbocycles. The summed E-state index contributed by atoms with van der Waals surface area (Å²) in [6.45, 7) is 0.828. The molecule has 1 saturated heterocycles. The topological polar surface area (TPSA) is 172 Å². The van der Waals surface area contributed by atoms with Crippen molar-refractivity contribution in [1.82, 2.24) is 24.8 Å². The molecule has 0 radical (unpaired) electrons. The molecule has 0 unspecified atom stereocenters. The van der Waals surface area contributed by atoms with Gasteiger partial charge < -0.3 is 30.7 Å². The lowest BCUT2D eigenvalue weighted by atomic mass is 10.0. The molecule has 12 nitrogen and oxygen atoms in total. The molecule has 47 heavy (non-hydrogen) atoms. The minimum atomic E-state index is -1.23. The Morgan fingerprint density at radius 3 is 2.38 bits per heavy atom. The summed E-state index contributed by atoms with van der Waals surface area (Å²) in [5.74, 6) is 0.432. The molecular weight excluding hydrogens is 620 g/mol. The van der Waals surface area contributed by atoms with Gasteiger partial charge in [0.1, 0.15) is 24.6 Å². The maximum absolute atomic E-state index is 12.7. The highest BCUT2D eigenvalue weighted by molar-refractivity contribution is 7.13. The number of amides is 1. The Hall–Kier alpha value is -4.53. The van der Waals surface area contributed by atoms with Gasteiger partial charge in [0.05, 0.1) is 12.9 Å². The first-order chi connectivity index (χ1) is 22.9. The minimum Gasteiger partial charge on any atom is -0.394 e. The van der Waals surface area contributed by atoms with Gasteiger partial charge in [-0.05, 0) is 36.6 Å². The molecule has 1 fully saturated rings. The maximum atomic E-state index is 12.7. The fourth-order valence-corrected chi connectivity index (χ4v) is 6.44. The van der Waals surface area contributed by atoms with Gasteiger partial charge in [0.15, 0.2) is 29.0 Å². The molecule has 5 aromatic rings. The van der Waals surface area contributed by atoms with Crippen molar-refractivity contribution in [2.24, 2.45) is 0 Å². The molecule has 0 bridgehead atoms. The van der Waals surface area contributed by atoms with Crippen molar-refractivity contribution in [3.05, 3.63) is 95.4 Å². The van der Waals surface area contributed by atoms with Crippen LogP contribution in [0.4, 0.5) is 5.82 Å². The van der Waals surface area contributed by atoms with Gasteiger partial charge in [0.2, 0.25) is 0 Å². The van der Waals surface area contributed by atoms with Crippen LogP contribution in [0, 0.1) is 0 Å². The number of ether oxygens (including phenoxy) is 1. The second kappa shape index (κ2) is 14.9. The first-order valence-electron chi connectivity index (χ1n) is 15.6. The predicted molar refractivity (Wildman–Crippen MR) is 177 cm³/mol. The van der Waals surface area contributed by atoms with Gasteiger partial charge in [-0.2, -0.15) is 0 Å². The van der Waals surface area contributed by atoms with Crippen LogP contribution in [0.3, 0.4) is 0 Å². The number of hydrogen-bond donors (Lipinski definition) is 5. The van der Waals surface area contributed by atoms with Crippen molar-refractivity contribution in [2.45, 2.75) is 50.2 Å². The van der Waals surface area contributed by atoms with Crippen LogP contribution in [0.2, 0.25) is 0 Å². The quantitative estimate of drug-likeness (QED) is 0.0875. The average Bonchev–Trinajstić information content (AvgIpc) is 3.84. The number of aliphatic hydroxyl groups excluding tert-OH is 3. The molecule has 1 aliphatic heterocycles. The number of ketones is 1. The molecule has 6 rings (SSSR count). The van der Waals surface area contributed by atoms with E-state index in [2.05, 4.69) is 25.6 Å². The molecule has 244 valence electrons. The number of anilines is 1. The molecule has 0 saturated carbocycles. The predicted octanol–water partition coefficient (Wildman–Crippen LogP) is 3.80. The summed E-state index contributed by atoms with van der Waals surface area (Å²) in [7, 11) is 0. The monoisotopic (exact) mass is 656 g/mol. The van der Waals surface area contributed by atoms with Crippen molar-refractivity contribution in [3.63, 3.8) is 0 Å². The van der Waals surface area contributed by atoms with Crippen LogP contribution in [0.15, 0.2) is 78.7 Å². The van der Waals surface area contributed by atoms with Crippen molar-refractivity contribution in [3.8, 4) is 10.4 Å². The zero-order valence-corrected chi connectivity index (χ0v) is 26.3. The Kier molecular flexibility index (Phi) is 10.3. The molecule has 13 heteroatoms. The van der Waals surface area contributed by atoms with Crippen molar-refractivity contribution in [2.75, 3.05) is 25.0 Å². The fraction of sp³-hybridized carbons (Fsp3) is 0.324. The third kappa shape index (κ3) is 7.24.